The minimum atomic E-state index is -0.236. The van der Waals surface area contributed by atoms with Gasteiger partial charge in [-0.1, -0.05) is 38.0 Å². The molecule has 1 aliphatic heterocycles. The molecule has 2 aliphatic rings. The van der Waals surface area contributed by atoms with Crippen LogP contribution in [-0.4, -0.2) is 18.5 Å². The number of primary amides is 1. The molecule has 1 fully saturated rings. The highest BCUT2D eigenvalue weighted by molar-refractivity contribution is 5.81. The summed E-state index contributed by atoms with van der Waals surface area (Å²) in [5.41, 5.74) is 8.23. The van der Waals surface area contributed by atoms with Crippen LogP contribution in [0.25, 0.3) is 0 Å². The lowest BCUT2D eigenvalue weighted by Gasteiger charge is -2.40. The van der Waals surface area contributed by atoms with Gasteiger partial charge in [-0.15, -0.1) is 0 Å². The highest BCUT2D eigenvalue weighted by Crippen LogP contribution is 2.51. The molecule has 0 bridgehead atoms. The van der Waals surface area contributed by atoms with E-state index < -0.39 is 0 Å². The lowest BCUT2D eigenvalue weighted by atomic mass is 9.69. The van der Waals surface area contributed by atoms with E-state index in [1.807, 2.05) is 6.07 Å². The van der Waals surface area contributed by atoms with E-state index in [4.69, 9.17) is 5.73 Å². The minimum absolute atomic E-state index is 0.199. The summed E-state index contributed by atoms with van der Waals surface area (Å²) in [6.07, 6.45) is 4.91. The standard InChI is InChI=1S/C15H20N2O/c1-15-9-5-4-8-13(15)17(10-14(16)18)12-7-3-2-6-11(12)15/h2-3,6-7,13H,4-5,8-10H2,1H3,(H2,16,18)/t13-,15+/m0/s1. The molecule has 1 saturated carbocycles. The number of carbonyl (C=O) groups is 1. The summed E-state index contributed by atoms with van der Waals surface area (Å²) in [5.74, 6) is -0.236. The average molecular weight is 244 g/mol. The third kappa shape index (κ3) is 1.53. The van der Waals surface area contributed by atoms with E-state index in [1.54, 1.807) is 0 Å². The second-order valence-corrected chi connectivity index (χ2v) is 5.79. The van der Waals surface area contributed by atoms with Gasteiger partial charge in [-0.25, -0.2) is 0 Å². The molecular formula is C15H20N2O. The van der Waals surface area contributed by atoms with Crippen LogP contribution in [0.4, 0.5) is 5.69 Å². The first kappa shape index (κ1) is 11.6. The summed E-state index contributed by atoms with van der Waals surface area (Å²) in [6.45, 7) is 2.69. The van der Waals surface area contributed by atoms with Crippen LogP contribution in [0.5, 0.6) is 0 Å². The van der Waals surface area contributed by atoms with Gasteiger partial charge in [0.1, 0.15) is 0 Å². The number of hydrogen-bond acceptors (Lipinski definition) is 2. The van der Waals surface area contributed by atoms with Crippen LogP contribution in [0, 0.1) is 0 Å². The molecule has 1 heterocycles. The van der Waals surface area contributed by atoms with Crippen molar-refractivity contribution in [3.8, 4) is 0 Å². The van der Waals surface area contributed by atoms with Crippen LogP contribution in [0.3, 0.4) is 0 Å². The molecule has 0 radical (unpaired) electrons. The van der Waals surface area contributed by atoms with Crippen LogP contribution < -0.4 is 10.6 Å². The van der Waals surface area contributed by atoms with E-state index in [0.717, 1.165) is 0 Å². The summed E-state index contributed by atoms with van der Waals surface area (Å²) in [6, 6.07) is 8.93. The van der Waals surface area contributed by atoms with Crippen molar-refractivity contribution >= 4 is 11.6 Å². The number of carbonyl (C=O) groups excluding carboxylic acids is 1. The van der Waals surface area contributed by atoms with E-state index in [-0.39, 0.29) is 11.3 Å². The Hall–Kier alpha value is -1.51. The van der Waals surface area contributed by atoms with Crippen LogP contribution in [0.15, 0.2) is 24.3 Å². The summed E-state index contributed by atoms with van der Waals surface area (Å²) in [5, 5.41) is 0. The van der Waals surface area contributed by atoms with Gasteiger partial charge in [0.2, 0.25) is 5.91 Å². The van der Waals surface area contributed by atoms with Crippen molar-refractivity contribution in [2.45, 2.75) is 44.1 Å². The molecule has 3 nitrogen and oxygen atoms in total. The number of fused-ring (bicyclic) bond motifs is 3. The Morgan fingerprint density at radius 1 is 1.44 bits per heavy atom. The first-order chi connectivity index (χ1) is 8.63. The van der Waals surface area contributed by atoms with E-state index >= 15 is 0 Å². The Bertz CT molecular complexity index is 485. The number of benzene rings is 1. The number of hydrogen-bond donors (Lipinski definition) is 1. The maximum absolute atomic E-state index is 11.3. The average Bonchev–Trinajstić information content (AvgIpc) is 2.60. The van der Waals surface area contributed by atoms with Gasteiger partial charge >= 0.3 is 0 Å². The van der Waals surface area contributed by atoms with Gasteiger partial charge in [0.25, 0.3) is 0 Å². The van der Waals surface area contributed by atoms with Gasteiger partial charge in [0.05, 0.1) is 6.54 Å². The summed E-state index contributed by atoms with van der Waals surface area (Å²) in [7, 11) is 0. The Balaban J connectivity index is 2.08. The number of nitrogens with zero attached hydrogens (tertiary/aromatic N) is 1. The molecular weight excluding hydrogens is 224 g/mol. The highest BCUT2D eigenvalue weighted by Gasteiger charge is 2.48. The zero-order valence-electron chi connectivity index (χ0n) is 10.9. The maximum Gasteiger partial charge on any atom is 0.236 e. The van der Waals surface area contributed by atoms with Crippen molar-refractivity contribution in [1.29, 1.82) is 0 Å². The molecule has 2 N–H and O–H groups in total. The van der Waals surface area contributed by atoms with E-state index in [1.165, 1.54) is 36.9 Å². The Morgan fingerprint density at radius 3 is 3.00 bits per heavy atom. The number of para-hydroxylation sites is 1. The number of amides is 1. The largest absolute Gasteiger partial charge is 0.368 e. The SMILES string of the molecule is C[C@]12CCCC[C@@H]1N(CC(N)=O)c1ccccc12. The van der Waals surface area contributed by atoms with Crippen molar-refractivity contribution < 1.29 is 4.79 Å². The van der Waals surface area contributed by atoms with Gasteiger partial charge in [0, 0.05) is 17.1 Å². The van der Waals surface area contributed by atoms with Crippen LogP contribution in [-0.2, 0) is 10.2 Å². The zero-order chi connectivity index (χ0) is 12.8. The molecule has 96 valence electrons. The highest BCUT2D eigenvalue weighted by atomic mass is 16.1. The topological polar surface area (TPSA) is 46.3 Å². The molecule has 1 aliphatic carbocycles. The third-order valence-corrected chi connectivity index (χ3v) is 4.69. The van der Waals surface area contributed by atoms with E-state index in [0.29, 0.717) is 12.6 Å². The van der Waals surface area contributed by atoms with Gasteiger partial charge < -0.3 is 10.6 Å². The number of rotatable bonds is 2. The quantitative estimate of drug-likeness (QED) is 0.867. The molecule has 0 spiro atoms. The smallest absolute Gasteiger partial charge is 0.236 e. The molecule has 3 heteroatoms. The Kier molecular flexibility index (Phi) is 2.58. The second-order valence-electron chi connectivity index (χ2n) is 5.79. The fourth-order valence-corrected chi connectivity index (χ4v) is 3.87. The summed E-state index contributed by atoms with van der Waals surface area (Å²) < 4.78 is 0. The molecule has 18 heavy (non-hydrogen) atoms. The van der Waals surface area contributed by atoms with Crippen molar-refractivity contribution in [2.75, 3.05) is 11.4 Å². The van der Waals surface area contributed by atoms with Crippen molar-refractivity contribution in [2.24, 2.45) is 5.73 Å². The third-order valence-electron chi connectivity index (χ3n) is 4.69. The second kappa shape index (κ2) is 4.01. The summed E-state index contributed by atoms with van der Waals surface area (Å²) >= 11 is 0. The van der Waals surface area contributed by atoms with E-state index in [9.17, 15) is 4.79 Å². The first-order valence-corrected chi connectivity index (χ1v) is 6.77. The Labute approximate surface area is 108 Å². The Morgan fingerprint density at radius 2 is 2.22 bits per heavy atom. The molecule has 0 unspecified atom stereocenters. The van der Waals surface area contributed by atoms with Gasteiger partial charge in [-0.05, 0) is 24.5 Å². The van der Waals surface area contributed by atoms with Gasteiger partial charge in [0.15, 0.2) is 0 Å². The molecule has 0 saturated heterocycles. The molecule has 1 aromatic carbocycles. The molecule has 1 aromatic rings. The van der Waals surface area contributed by atoms with Crippen LogP contribution >= 0.6 is 0 Å². The molecule has 2 atom stereocenters. The predicted molar refractivity (Wildman–Crippen MR) is 72.6 cm³/mol. The van der Waals surface area contributed by atoms with Crippen LogP contribution in [0.2, 0.25) is 0 Å². The van der Waals surface area contributed by atoms with Gasteiger partial charge in [-0.3, -0.25) is 4.79 Å². The molecule has 0 aromatic heterocycles. The first-order valence-electron chi connectivity index (χ1n) is 6.77. The molecule has 3 rings (SSSR count). The summed E-state index contributed by atoms with van der Waals surface area (Å²) in [4.78, 5) is 13.6. The minimum Gasteiger partial charge on any atom is -0.368 e. The number of anilines is 1. The molecule has 1 amide bonds. The number of nitrogens with two attached hydrogens (primary N) is 1. The fourth-order valence-electron chi connectivity index (χ4n) is 3.87. The monoisotopic (exact) mass is 244 g/mol. The normalized spacial score (nSPS) is 29.8. The zero-order valence-corrected chi connectivity index (χ0v) is 10.9. The van der Waals surface area contributed by atoms with Crippen molar-refractivity contribution in [3.63, 3.8) is 0 Å². The van der Waals surface area contributed by atoms with Crippen molar-refractivity contribution in [3.05, 3.63) is 29.8 Å². The van der Waals surface area contributed by atoms with E-state index in [2.05, 4.69) is 30.0 Å². The lowest BCUT2D eigenvalue weighted by Crippen LogP contribution is -2.48. The fraction of sp³-hybridized carbons (Fsp3) is 0.533. The maximum atomic E-state index is 11.3. The predicted octanol–water partition coefficient (Wildman–Crippen LogP) is 2.19. The van der Waals surface area contributed by atoms with Crippen LogP contribution in [0.1, 0.15) is 38.2 Å². The van der Waals surface area contributed by atoms with Gasteiger partial charge in [-0.2, -0.15) is 0 Å². The van der Waals surface area contributed by atoms with Crippen molar-refractivity contribution in [1.82, 2.24) is 0 Å². The lowest BCUT2D eigenvalue weighted by molar-refractivity contribution is -0.116.